The van der Waals surface area contributed by atoms with Crippen molar-refractivity contribution in [2.45, 2.75) is 12.5 Å². The maximum atomic E-state index is 11.7. The second kappa shape index (κ2) is 6.72. The molecule has 0 spiro atoms. The zero-order valence-electron chi connectivity index (χ0n) is 9.19. The second-order valence-corrected chi connectivity index (χ2v) is 4.91. The van der Waals surface area contributed by atoms with Crippen molar-refractivity contribution >= 4 is 39.4 Å². The number of aliphatic hydroxyl groups is 1. The zero-order valence-corrected chi connectivity index (χ0v) is 11.5. The molecule has 0 aliphatic carbocycles. The van der Waals surface area contributed by atoms with Crippen molar-refractivity contribution in [3.8, 4) is 0 Å². The summed E-state index contributed by atoms with van der Waals surface area (Å²) in [5, 5.41) is 20.4. The van der Waals surface area contributed by atoms with E-state index in [0.29, 0.717) is 15.1 Å². The number of nitrogens with one attached hydrogen (secondary N) is 1. The van der Waals surface area contributed by atoms with Crippen molar-refractivity contribution in [3.63, 3.8) is 0 Å². The van der Waals surface area contributed by atoms with E-state index in [1.807, 2.05) is 0 Å². The van der Waals surface area contributed by atoms with Gasteiger partial charge < -0.3 is 15.5 Å². The van der Waals surface area contributed by atoms with Gasteiger partial charge in [-0.3, -0.25) is 4.79 Å². The van der Waals surface area contributed by atoms with Crippen LogP contribution >= 0.6 is 27.5 Å². The van der Waals surface area contributed by atoms with Gasteiger partial charge in [0.05, 0.1) is 0 Å². The van der Waals surface area contributed by atoms with E-state index in [1.165, 1.54) is 6.07 Å². The number of aliphatic hydroxyl groups excluding tert-OH is 1. The zero-order chi connectivity index (χ0) is 13.7. The molecule has 0 saturated heterocycles. The van der Waals surface area contributed by atoms with Gasteiger partial charge in [0, 0.05) is 28.0 Å². The summed E-state index contributed by atoms with van der Waals surface area (Å²) in [6, 6.07) is 4.73. The number of carboxylic acid groups (broad SMARTS) is 1. The average Bonchev–Trinajstić information content (AvgIpc) is 2.27. The molecule has 1 atom stereocenters. The molecule has 18 heavy (non-hydrogen) atoms. The van der Waals surface area contributed by atoms with Crippen molar-refractivity contribution in [2.75, 3.05) is 6.54 Å². The summed E-state index contributed by atoms with van der Waals surface area (Å²) >= 11 is 9.00. The lowest BCUT2D eigenvalue weighted by atomic mass is 10.2. The van der Waals surface area contributed by atoms with Crippen molar-refractivity contribution in [2.24, 2.45) is 0 Å². The van der Waals surface area contributed by atoms with Gasteiger partial charge in [0.2, 0.25) is 0 Å². The number of hydrogen-bond donors (Lipinski definition) is 3. The molecule has 0 heterocycles. The Bertz CT molecular complexity index is 446. The topological polar surface area (TPSA) is 86.6 Å². The van der Waals surface area contributed by atoms with Crippen LogP contribution in [0.3, 0.4) is 0 Å². The molecule has 1 rings (SSSR count). The van der Waals surface area contributed by atoms with Crippen LogP contribution in [0.15, 0.2) is 22.7 Å². The van der Waals surface area contributed by atoms with E-state index in [9.17, 15) is 9.59 Å². The van der Waals surface area contributed by atoms with Gasteiger partial charge in [-0.05, 0) is 18.2 Å². The summed E-state index contributed by atoms with van der Waals surface area (Å²) in [5.41, 5.74) is 0.360. The van der Waals surface area contributed by atoms with Crippen molar-refractivity contribution < 1.29 is 19.8 Å². The molecular formula is C11H11BrClNO4. The predicted molar refractivity (Wildman–Crippen MR) is 69.7 cm³/mol. The third-order valence-electron chi connectivity index (χ3n) is 2.11. The number of aliphatic carboxylic acids is 1. The van der Waals surface area contributed by atoms with E-state index < -0.39 is 12.1 Å². The Morgan fingerprint density at radius 1 is 1.39 bits per heavy atom. The number of carbonyl (C=O) groups is 2. The molecule has 0 bridgehead atoms. The monoisotopic (exact) mass is 335 g/mol. The number of benzene rings is 1. The van der Waals surface area contributed by atoms with Gasteiger partial charge in [-0.2, -0.15) is 0 Å². The molecule has 1 aromatic rings. The molecule has 0 unspecified atom stereocenters. The molecule has 0 saturated carbocycles. The van der Waals surface area contributed by atoms with Crippen LogP contribution in [0.25, 0.3) is 0 Å². The van der Waals surface area contributed by atoms with Gasteiger partial charge in [-0.25, -0.2) is 4.79 Å². The van der Waals surface area contributed by atoms with E-state index in [-0.39, 0.29) is 18.9 Å². The maximum Gasteiger partial charge on any atom is 0.332 e. The van der Waals surface area contributed by atoms with E-state index in [0.717, 1.165) is 0 Å². The Morgan fingerprint density at radius 2 is 2.06 bits per heavy atom. The van der Waals surface area contributed by atoms with Gasteiger partial charge in [-0.15, -0.1) is 0 Å². The first-order valence-corrected chi connectivity index (χ1v) is 6.22. The molecule has 0 aromatic heterocycles. The van der Waals surface area contributed by atoms with E-state index in [1.54, 1.807) is 12.1 Å². The molecule has 1 aromatic carbocycles. The van der Waals surface area contributed by atoms with Crippen LogP contribution in [-0.2, 0) is 4.79 Å². The summed E-state index contributed by atoms with van der Waals surface area (Å²) < 4.78 is 0.672. The minimum atomic E-state index is -1.48. The first-order valence-electron chi connectivity index (χ1n) is 5.05. The van der Waals surface area contributed by atoms with Crippen molar-refractivity contribution in [3.05, 3.63) is 33.3 Å². The Labute approximate surface area is 117 Å². The van der Waals surface area contributed by atoms with E-state index in [4.69, 9.17) is 21.8 Å². The summed E-state index contributed by atoms with van der Waals surface area (Å²) in [6.07, 6.45) is -1.53. The lowest BCUT2D eigenvalue weighted by Crippen LogP contribution is -2.30. The number of carbonyl (C=O) groups excluding carboxylic acids is 1. The number of carboxylic acids is 1. The number of halogens is 2. The molecule has 98 valence electrons. The van der Waals surface area contributed by atoms with Crippen LogP contribution in [0.5, 0.6) is 0 Å². The lowest BCUT2D eigenvalue weighted by molar-refractivity contribution is -0.146. The van der Waals surface area contributed by atoms with Crippen molar-refractivity contribution in [1.82, 2.24) is 5.32 Å². The highest BCUT2D eigenvalue weighted by molar-refractivity contribution is 9.10. The fraction of sp³-hybridized carbons (Fsp3) is 0.273. The summed E-state index contributed by atoms with van der Waals surface area (Å²) in [6.45, 7) is 0.0659. The first-order chi connectivity index (χ1) is 8.40. The SMILES string of the molecule is O=C(NCC[C@H](O)C(=O)O)c1cc(Cl)cc(Br)c1. The highest BCUT2D eigenvalue weighted by Gasteiger charge is 2.13. The van der Waals surface area contributed by atoms with Crippen LogP contribution in [0.4, 0.5) is 0 Å². The fourth-order valence-corrected chi connectivity index (χ4v) is 2.09. The lowest BCUT2D eigenvalue weighted by Gasteiger charge is -2.08. The molecule has 3 N–H and O–H groups in total. The van der Waals surface area contributed by atoms with E-state index in [2.05, 4.69) is 21.2 Å². The minimum absolute atomic E-state index is 0.0528. The number of hydrogen-bond acceptors (Lipinski definition) is 3. The van der Waals surface area contributed by atoms with Crippen LogP contribution < -0.4 is 5.32 Å². The van der Waals surface area contributed by atoms with Gasteiger partial charge in [0.15, 0.2) is 6.10 Å². The van der Waals surface area contributed by atoms with Crippen LogP contribution in [0.2, 0.25) is 5.02 Å². The van der Waals surface area contributed by atoms with Gasteiger partial charge >= 0.3 is 5.97 Å². The number of rotatable bonds is 5. The molecule has 0 aliphatic heterocycles. The third kappa shape index (κ3) is 4.64. The normalized spacial score (nSPS) is 11.9. The van der Waals surface area contributed by atoms with Crippen LogP contribution in [0, 0.1) is 0 Å². The largest absolute Gasteiger partial charge is 0.479 e. The standard InChI is InChI=1S/C11H11BrClNO4/c12-7-3-6(4-8(13)5-7)10(16)14-2-1-9(15)11(17)18/h3-5,9,15H,1-2H2,(H,14,16)(H,17,18)/t9-/m0/s1. The van der Waals surface area contributed by atoms with E-state index >= 15 is 0 Å². The van der Waals surface area contributed by atoms with Crippen molar-refractivity contribution in [1.29, 1.82) is 0 Å². The Morgan fingerprint density at radius 3 is 2.61 bits per heavy atom. The quantitative estimate of drug-likeness (QED) is 0.763. The molecule has 7 heteroatoms. The Kier molecular flexibility index (Phi) is 5.58. The smallest absolute Gasteiger partial charge is 0.332 e. The number of amides is 1. The summed E-state index contributed by atoms with van der Waals surface area (Å²) in [7, 11) is 0. The van der Waals surface area contributed by atoms with Gasteiger partial charge in [0.1, 0.15) is 0 Å². The fourth-order valence-electron chi connectivity index (χ4n) is 1.23. The van der Waals surface area contributed by atoms with Crippen LogP contribution in [-0.4, -0.2) is 34.7 Å². The minimum Gasteiger partial charge on any atom is -0.479 e. The predicted octanol–water partition coefficient (Wildman–Crippen LogP) is 1.67. The molecule has 0 aliphatic rings. The molecular weight excluding hydrogens is 325 g/mol. The van der Waals surface area contributed by atoms with Gasteiger partial charge in [-0.1, -0.05) is 27.5 Å². The summed E-state index contributed by atoms with van der Waals surface area (Å²) in [4.78, 5) is 22.0. The summed E-state index contributed by atoms with van der Waals surface area (Å²) in [5.74, 6) is -1.69. The first kappa shape index (κ1) is 14.9. The molecule has 0 radical (unpaired) electrons. The average molecular weight is 337 g/mol. The van der Waals surface area contributed by atoms with Crippen LogP contribution in [0.1, 0.15) is 16.8 Å². The highest BCUT2D eigenvalue weighted by Crippen LogP contribution is 2.19. The Balaban J connectivity index is 2.53. The van der Waals surface area contributed by atoms with Gasteiger partial charge in [0.25, 0.3) is 5.91 Å². The second-order valence-electron chi connectivity index (χ2n) is 3.56. The maximum absolute atomic E-state index is 11.7. The molecule has 1 amide bonds. The third-order valence-corrected chi connectivity index (χ3v) is 2.79. The Hall–Kier alpha value is -1.11. The molecule has 5 nitrogen and oxygen atoms in total. The molecule has 0 fully saturated rings. The highest BCUT2D eigenvalue weighted by atomic mass is 79.9.